The van der Waals surface area contributed by atoms with Gasteiger partial charge in [0.05, 0.1) is 17.0 Å². The molecular weight excluding hydrogens is 444 g/mol. The first kappa shape index (κ1) is 20.8. The number of amides is 1. The van der Waals surface area contributed by atoms with Crippen molar-refractivity contribution >= 4 is 32.8 Å². The Kier molecular flexibility index (Phi) is 6.06. The van der Waals surface area contributed by atoms with Crippen LogP contribution in [-0.2, 0) is 0 Å². The van der Waals surface area contributed by atoms with E-state index in [-0.39, 0.29) is 17.1 Å². The van der Waals surface area contributed by atoms with Crippen molar-refractivity contribution in [2.24, 2.45) is 0 Å². The van der Waals surface area contributed by atoms with Gasteiger partial charge in [-0.3, -0.25) is 9.59 Å². The van der Waals surface area contributed by atoms with Crippen molar-refractivity contribution in [2.45, 2.75) is 26.3 Å². The minimum atomic E-state index is -0.442. The molecule has 0 N–H and O–H groups in total. The zero-order chi connectivity index (χ0) is 21.3. The number of hydrogen-bond acceptors (Lipinski definition) is 4. The predicted molar refractivity (Wildman–Crippen MR) is 122 cm³/mol. The highest BCUT2D eigenvalue weighted by Gasteiger charge is 2.42. The topological polar surface area (TPSA) is 53.8 Å². The molecule has 1 aliphatic rings. The highest BCUT2D eigenvalue weighted by molar-refractivity contribution is 9.10. The van der Waals surface area contributed by atoms with Crippen LogP contribution < -0.4 is 5.43 Å². The third-order valence-electron chi connectivity index (χ3n) is 5.81. The monoisotopic (exact) mass is 468 g/mol. The standard InChI is InChI=1S/C24H25BrN2O3/c1-3-26(4-2)13-8-14-27-21(16-9-7-10-17(25)15-16)20-22(28)18-11-5-6-12-19(18)30-23(20)24(27)29/h5-7,9-12,15,21H,3-4,8,13-14H2,1-2H3/t21-/m1/s1. The molecule has 0 radical (unpaired) electrons. The van der Waals surface area contributed by atoms with Gasteiger partial charge in [-0.25, -0.2) is 0 Å². The minimum absolute atomic E-state index is 0.128. The van der Waals surface area contributed by atoms with Gasteiger partial charge < -0.3 is 14.2 Å². The third-order valence-corrected chi connectivity index (χ3v) is 6.30. The molecule has 0 spiro atoms. The first-order valence-electron chi connectivity index (χ1n) is 10.4. The lowest BCUT2D eigenvalue weighted by atomic mass is 9.98. The van der Waals surface area contributed by atoms with Gasteiger partial charge in [0.25, 0.3) is 5.91 Å². The highest BCUT2D eigenvalue weighted by atomic mass is 79.9. The Morgan fingerprint density at radius 2 is 1.83 bits per heavy atom. The minimum Gasteiger partial charge on any atom is -0.450 e. The molecule has 0 bridgehead atoms. The molecule has 0 aliphatic carbocycles. The van der Waals surface area contributed by atoms with Crippen molar-refractivity contribution in [2.75, 3.05) is 26.2 Å². The van der Waals surface area contributed by atoms with Crippen LogP contribution in [0.3, 0.4) is 0 Å². The van der Waals surface area contributed by atoms with Crippen molar-refractivity contribution < 1.29 is 9.21 Å². The van der Waals surface area contributed by atoms with E-state index in [9.17, 15) is 9.59 Å². The molecule has 0 fully saturated rings. The Labute approximate surface area is 184 Å². The number of halogens is 1. The fourth-order valence-electron chi connectivity index (χ4n) is 4.23. The fraction of sp³-hybridized carbons (Fsp3) is 0.333. The van der Waals surface area contributed by atoms with Crippen LogP contribution in [0.4, 0.5) is 0 Å². The average molecular weight is 469 g/mol. The molecule has 2 heterocycles. The maximum atomic E-state index is 13.4. The van der Waals surface area contributed by atoms with Crippen LogP contribution in [0.1, 0.15) is 48.0 Å². The van der Waals surface area contributed by atoms with Gasteiger partial charge in [-0.1, -0.05) is 54.0 Å². The summed E-state index contributed by atoms with van der Waals surface area (Å²) in [6.45, 7) is 7.70. The Bertz CT molecular complexity index is 1140. The Morgan fingerprint density at radius 3 is 2.57 bits per heavy atom. The van der Waals surface area contributed by atoms with Crippen molar-refractivity contribution in [1.29, 1.82) is 0 Å². The van der Waals surface area contributed by atoms with E-state index in [2.05, 4.69) is 34.7 Å². The average Bonchev–Trinajstić information content (AvgIpc) is 3.03. The van der Waals surface area contributed by atoms with Crippen LogP contribution in [0.25, 0.3) is 11.0 Å². The summed E-state index contributed by atoms with van der Waals surface area (Å²) in [7, 11) is 0. The van der Waals surface area contributed by atoms with Crippen LogP contribution in [-0.4, -0.2) is 41.9 Å². The lowest BCUT2D eigenvalue weighted by molar-refractivity contribution is 0.0720. The zero-order valence-electron chi connectivity index (χ0n) is 17.2. The second kappa shape index (κ2) is 8.74. The zero-order valence-corrected chi connectivity index (χ0v) is 18.8. The van der Waals surface area contributed by atoms with E-state index in [1.165, 1.54) is 0 Å². The summed E-state index contributed by atoms with van der Waals surface area (Å²) >= 11 is 3.52. The van der Waals surface area contributed by atoms with Crippen LogP contribution in [0.5, 0.6) is 0 Å². The highest BCUT2D eigenvalue weighted by Crippen LogP contribution is 2.38. The second-order valence-electron chi connectivity index (χ2n) is 7.51. The number of hydrogen-bond donors (Lipinski definition) is 0. The Morgan fingerprint density at radius 1 is 1.07 bits per heavy atom. The van der Waals surface area contributed by atoms with Crippen LogP contribution in [0.15, 0.2) is 62.2 Å². The molecule has 4 rings (SSSR count). The van der Waals surface area contributed by atoms with Gasteiger partial charge >= 0.3 is 0 Å². The second-order valence-corrected chi connectivity index (χ2v) is 8.42. The van der Waals surface area contributed by atoms with E-state index in [0.717, 1.165) is 36.1 Å². The summed E-state index contributed by atoms with van der Waals surface area (Å²) in [6, 6.07) is 14.5. The first-order chi connectivity index (χ1) is 14.5. The van der Waals surface area contributed by atoms with Crippen molar-refractivity contribution in [1.82, 2.24) is 9.80 Å². The molecule has 1 aromatic heterocycles. The van der Waals surface area contributed by atoms with Crippen molar-refractivity contribution in [3.63, 3.8) is 0 Å². The largest absolute Gasteiger partial charge is 0.450 e. The summed E-state index contributed by atoms with van der Waals surface area (Å²) in [4.78, 5) is 30.9. The van der Waals surface area contributed by atoms with Gasteiger partial charge in [-0.15, -0.1) is 0 Å². The summed E-state index contributed by atoms with van der Waals surface area (Å²) in [5, 5.41) is 0.508. The van der Waals surface area contributed by atoms with Gasteiger partial charge in [0.2, 0.25) is 5.76 Å². The maximum Gasteiger partial charge on any atom is 0.290 e. The quantitative estimate of drug-likeness (QED) is 0.498. The number of fused-ring (bicyclic) bond motifs is 2. The number of nitrogens with zero attached hydrogens (tertiary/aromatic N) is 2. The predicted octanol–water partition coefficient (Wildman–Crippen LogP) is 4.83. The molecule has 1 aliphatic heterocycles. The van der Waals surface area contributed by atoms with E-state index in [0.29, 0.717) is 23.1 Å². The number of rotatable bonds is 7. The van der Waals surface area contributed by atoms with Crippen LogP contribution in [0, 0.1) is 0 Å². The normalized spacial score (nSPS) is 15.9. The summed E-state index contributed by atoms with van der Waals surface area (Å²) in [6.07, 6.45) is 0.833. The molecule has 2 aromatic carbocycles. The molecule has 3 aromatic rings. The molecule has 30 heavy (non-hydrogen) atoms. The molecule has 6 heteroatoms. The van der Waals surface area contributed by atoms with E-state index in [4.69, 9.17) is 4.42 Å². The third kappa shape index (κ3) is 3.70. The number of para-hydroxylation sites is 1. The molecule has 1 amide bonds. The summed E-state index contributed by atoms with van der Waals surface area (Å²) in [5.41, 5.74) is 1.67. The molecular formula is C24H25BrN2O3. The number of carbonyl (C=O) groups is 1. The van der Waals surface area contributed by atoms with Crippen molar-refractivity contribution in [3.8, 4) is 0 Å². The fourth-order valence-corrected chi connectivity index (χ4v) is 4.64. The van der Waals surface area contributed by atoms with Gasteiger partial charge in [-0.2, -0.15) is 0 Å². The van der Waals surface area contributed by atoms with Crippen LogP contribution in [0.2, 0.25) is 0 Å². The molecule has 1 atom stereocenters. The molecule has 0 saturated carbocycles. The Hall–Kier alpha value is -2.44. The molecule has 0 saturated heterocycles. The molecule has 5 nitrogen and oxygen atoms in total. The van der Waals surface area contributed by atoms with Crippen LogP contribution >= 0.6 is 15.9 Å². The maximum absolute atomic E-state index is 13.4. The number of benzene rings is 2. The number of carbonyl (C=O) groups excluding carboxylic acids is 1. The first-order valence-corrected chi connectivity index (χ1v) is 11.2. The van der Waals surface area contributed by atoms with E-state index < -0.39 is 6.04 Å². The van der Waals surface area contributed by atoms with E-state index >= 15 is 0 Å². The molecule has 156 valence electrons. The van der Waals surface area contributed by atoms with E-state index in [1.807, 2.05) is 36.4 Å². The van der Waals surface area contributed by atoms with Gasteiger partial charge in [0.1, 0.15) is 5.58 Å². The van der Waals surface area contributed by atoms with Crippen molar-refractivity contribution in [3.05, 3.63) is 80.1 Å². The van der Waals surface area contributed by atoms with Gasteiger partial charge in [-0.05, 0) is 55.9 Å². The lowest BCUT2D eigenvalue weighted by Crippen LogP contribution is -2.33. The Balaban J connectivity index is 1.79. The molecule has 0 unspecified atom stereocenters. The summed E-state index contributed by atoms with van der Waals surface area (Å²) < 4.78 is 6.88. The SMILES string of the molecule is CCN(CC)CCCN1C(=O)c2oc3ccccc3c(=O)c2[C@H]1c1cccc(Br)c1. The smallest absolute Gasteiger partial charge is 0.290 e. The lowest BCUT2D eigenvalue weighted by Gasteiger charge is -2.26. The van der Waals surface area contributed by atoms with Gasteiger partial charge in [0, 0.05) is 11.0 Å². The summed E-state index contributed by atoms with van der Waals surface area (Å²) in [5.74, 6) is -0.0381. The van der Waals surface area contributed by atoms with E-state index in [1.54, 1.807) is 17.0 Å². The van der Waals surface area contributed by atoms with Gasteiger partial charge in [0.15, 0.2) is 5.43 Å².